The molecule has 0 aliphatic rings. The zero-order chi connectivity index (χ0) is 76.4. The molecule has 0 aliphatic heterocycles. The number of aryl methyl sites for hydroxylation is 2. The van der Waals surface area contributed by atoms with Gasteiger partial charge in [0.1, 0.15) is 20.2 Å². The second-order valence-electron chi connectivity index (χ2n) is 34.0. The summed E-state index contributed by atoms with van der Waals surface area (Å²) in [4.78, 5) is -0.262. The van der Waals surface area contributed by atoms with Gasteiger partial charge in [0.2, 0.25) is 0 Å². The molecule has 0 heterocycles. The molecule has 0 aliphatic carbocycles. The Labute approximate surface area is 711 Å². The van der Waals surface area contributed by atoms with Crippen molar-refractivity contribution in [2.24, 2.45) is 0 Å². The van der Waals surface area contributed by atoms with E-state index in [2.05, 4.69) is 13.8 Å². The van der Waals surface area contributed by atoms with Crippen LogP contribution in [-0.2, 0) is 33.1 Å². The molecule has 9 heteroatoms. The van der Waals surface area contributed by atoms with Gasteiger partial charge in [-0.05, 0) is 61.1 Å². The Balaban J connectivity index is 0.00000208. The average Bonchev–Trinajstić information content (AvgIpc) is 0.871. The van der Waals surface area contributed by atoms with E-state index in [1.54, 1.807) is 24.3 Å². The fourth-order valence-electron chi connectivity index (χ4n) is 16.2. The first-order valence-corrected chi connectivity index (χ1v) is 51.0. The molecule has 0 spiro atoms. The van der Waals surface area contributed by atoms with Crippen LogP contribution in [0.15, 0.2) is 58.3 Å². The fourth-order valence-corrected chi connectivity index (χ4v) is 17.2. The Morgan fingerprint density at radius 1 is 0.168 bits per heavy atom. The van der Waals surface area contributed by atoms with E-state index in [9.17, 15) is 25.9 Å². The standard InChI is InChI=1S/2C49H92O3S.Ba/c2*1-2-3-4-5-6-7-8-9-10-11-12-13-14-15-16-17-18-19-20-21-22-23-24-25-26-27-28-29-30-31-32-33-34-35-36-37-38-39-40-41-42-43-48-44-46-49(47-45-48)53(50,51)52;/h2*44-47H,2-43H2,1H3,(H,50,51,52);/q;;+2/p-2. The first-order chi connectivity index (χ1) is 52.1. The molecule has 2 rings (SSSR count). The first kappa shape index (κ1) is 107. The summed E-state index contributed by atoms with van der Waals surface area (Å²) < 4.78 is 66.1. The molecule has 0 saturated carbocycles. The van der Waals surface area contributed by atoms with Crippen LogP contribution in [-0.4, -0.2) is 74.8 Å². The molecule has 0 N–H and O–H groups in total. The van der Waals surface area contributed by atoms with Crippen molar-refractivity contribution in [3.8, 4) is 0 Å². The van der Waals surface area contributed by atoms with Crippen molar-refractivity contribution in [1.29, 1.82) is 0 Å². The quantitative estimate of drug-likeness (QED) is 0.0370. The van der Waals surface area contributed by atoms with Crippen molar-refractivity contribution >= 4 is 69.1 Å². The minimum absolute atomic E-state index is 0. The molecule has 624 valence electrons. The van der Waals surface area contributed by atoms with Crippen LogP contribution in [0.5, 0.6) is 0 Å². The van der Waals surface area contributed by atoms with Gasteiger partial charge in [0.05, 0.1) is 9.79 Å². The van der Waals surface area contributed by atoms with Crippen LogP contribution in [0.25, 0.3) is 0 Å². The number of rotatable bonds is 86. The van der Waals surface area contributed by atoms with Crippen LogP contribution < -0.4 is 0 Å². The normalized spacial score (nSPS) is 11.8. The van der Waals surface area contributed by atoms with Gasteiger partial charge in [-0.2, -0.15) is 0 Å². The Bertz CT molecular complexity index is 2080. The van der Waals surface area contributed by atoms with Gasteiger partial charge in [-0.15, -0.1) is 0 Å². The predicted octanol–water partition coefficient (Wildman–Crippen LogP) is 33.9. The van der Waals surface area contributed by atoms with Gasteiger partial charge in [0.15, 0.2) is 0 Å². The van der Waals surface area contributed by atoms with Crippen molar-refractivity contribution < 1.29 is 25.9 Å². The third-order valence-electron chi connectivity index (χ3n) is 23.6. The van der Waals surface area contributed by atoms with E-state index >= 15 is 0 Å². The maximum absolute atomic E-state index is 11.0. The van der Waals surface area contributed by atoms with Crippen LogP contribution in [0, 0.1) is 0 Å². The van der Waals surface area contributed by atoms with E-state index in [1.165, 1.54) is 538 Å². The van der Waals surface area contributed by atoms with Gasteiger partial charge in [-0.1, -0.05) is 552 Å². The van der Waals surface area contributed by atoms with Gasteiger partial charge in [0, 0.05) is 0 Å². The third kappa shape index (κ3) is 82.2. The van der Waals surface area contributed by atoms with E-state index in [4.69, 9.17) is 0 Å². The predicted molar refractivity (Wildman–Crippen MR) is 472 cm³/mol. The maximum atomic E-state index is 11.0. The first-order valence-electron chi connectivity index (χ1n) is 48.2. The summed E-state index contributed by atoms with van der Waals surface area (Å²) >= 11 is 0. The molecule has 0 saturated heterocycles. The van der Waals surface area contributed by atoms with E-state index in [-0.39, 0.29) is 58.7 Å². The van der Waals surface area contributed by atoms with Gasteiger partial charge in [-0.3, -0.25) is 0 Å². The molecule has 0 bridgehead atoms. The van der Waals surface area contributed by atoms with Gasteiger partial charge in [-0.25, -0.2) is 16.8 Å². The summed E-state index contributed by atoms with van der Waals surface area (Å²) in [5.74, 6) is 0. The molecule has 107 heavy (non-hydrogen) atoms. The SMILES string of the molecule is CCCCCCCCCCCCCCCCCCCCCCCCCCCCCCCCCCCCCCCCCCCc1ccc(S(=O)(=O)[O-])cc1.CCCCCCCCCCCCCCCCCCCCCCCCCCCCCCCCCCCCCCCCCCCc1ccc(S(=O)(=O)[O-])cc1.[Ba+2]. The van der Waals surface area contributed by atoms with Crippen LogP contribution in [0.4, 0.5) is 0 Å². The molecule has 0 fully saturated rings. The van der Waals surface area contributed by atoms with Crippen LogP contribution in [0.1, 0.15) is 551 Å². The minimum atomic E-state index is -4.33. The van der Waals surface area contributed by atoms with E-state index in [1.807, 2.05) is 0 Å². The van der Waals surface area contributed by atoms with E-state index in [0.717, 1.165) is 36.8 Å². The molecule has 0 amide bonds. The van der Waals surface area contributed by atoms with Gasteiger partial charge >= 0.3 is 48.9 Å². The zero-order valence-corrected chi connectivity index (χ0v) is 78.1. The van der Waals surface area contributed by atoms with E-state index < -0.39 is 20.2 Å². The molecule has 0 unspecified atom stereocenters. The van der Waals surface area contributed by atoms with Crippen LogP contribution in [0.3, 0.4) is 0 Å². The molecule has 2 aromatic rings. The fraction of sp³-hybridized carbons (Fsp3) is 0.878. The topological polar surface area (TPSA) is 114 Å². The number of hydrogen-bond acceptors (Lipinski definition) is 6. The largest absolute Gasteiger partial charge is 2.00 e. The molecule has 2 aromatic carbocycles. The molecule has 6 nitrogen and oxygen atoms in total. The second kappa shape index (κ2) is 86.7. The van der Waals surface area contributed by atoms with Gasteiger partial charge in [0.25, 0.3) is 0 Å². The van der Waals surface area contributed by atoms with Crippen molar-refractivity contribution in [2.45, 2.75) is 563 Å². The Morgan fingerprint density at radius 2 is 0.262 bits per heavy atom. The number of benzene rings is 2. The Kier molecular flexibility index (Phi) is 86.5. The summed E-state index contributed by atoms with van der Waals surface area (Å²) in [5.41, 5.74) is 2.23. The molecule has 0 atom stereocenters. The third-order valence-corrected chi connectivity index (χ3v) is 25.3. The number of hydrogen-bond donors (Lipinski definition) is 0. The molecular weight excluding hydrogens is 1470 g/mol. The van der Waals surface area contributed by atoms with Crippen LogP contribution in [0.2, 0.25) is 0 Å². The van der Waals surface area contributed by atoms with Crippen molar-refractivity contribution in [3.63, 3.8) is 0 Å². The van der Waals surface area contributed by atoms with Crippen molar-refractivity contribution in [2.75, 3.05) is 0 Å². The monoisotopic (exact) mass is 1660 g/mol. The second-order valence-corrected chi connectivity index (χ2v) is 36.7. The summed E-state index contributed by atoms with van der Waals surface area (Å²) in [5, 5.41) is 0. The summed E-state index contributed by atoms with van der Waals surface area (Å²) in [6, 6.07) is 12.8. The summed E-state index contributed by atoms with van der Waals surface area (Å²) in [6.07, 6.45) is 120. The van der Waals surface area contributed by atoms with Crippen molar-refractivity contribution in [1.82, 2.24) is 0 Å². The number of unbranched alkanes of at least 4 members (excludes halogenated alkanes) is 80. The smallest absolute Gasteiger partial charge is 0.744 e. The van der Waals surface area contributed by atoms with E-state index in [0.29, 0.717) is 0 Å². The zero-order valence-electron chi connectivity index (χ0n) is 72.0. The average molecular weight is 1660 g/mol. The minimum Gasteiger partial charge on any atom is -0.744 e. The summed E-state index contributed by atoms with van der Waals surface area (Å²) in [6.45, 7) is 4.61. The molecule has 0 aromatic heterocycles. The van der Waals surface area contributed by atoms with Gasteiger partial charge < -0.3 is 9.11 Å². The summed E-state index contributed by atoms with van der Waals surface area (Å²) in [7, 11) is -8.67. The van der Waals surface area contributed by atoms with Crippen molar-refractivity contribution in [3.05, 3.63) is 59.7 Å². The Morgan fingerprint density at radius 3 is 0.355 bits per heavy atom. The Hall–Kier alpha value is -0.169. The maximum Gasteiger partial charge on any atom is 2.00 e. The molecule has 0 radical (unpaired) electrons. The molecular formula is C98H182BaO6S2. The van der Waals surface area contributed by atoms with Crippen LogP contribution >= 0.6 is 0 Å².